The first-order valence-electron chi connectivity index (χ1n) is 6.45. The highest BCUT2D eigenvalue weighted by Crippen LogP contribution is 2.28. The van der Waals surface area contributed by atoms with E-state index in [0.717, 1.165) is 17.5 Å². The molecule has 2 rings (SSSR count). The molecule has 0 aliphatic carbocycles. The number of nitrogens with zero attached hydrogens (tertiary/aromatic N) is 2. The number of hydrogen-bond donors (Lipinski definition) is 1. The summed E-state index contributed by atoms with van der Waals surface area (Å²) in [6.45, 7) is 6.67. The van der Waals surface area contributed by atoms with Gasteiger partial charge in [-0.3, -0.25) is 0 Å². The van der Waals surface area contributed by atoms with E-state index >= 15 is 0 Å². The maximum atomic E-state index is 6.03. The van der Waals surface area contributed by atoms with Crippen molar-refractivity contribution in [2.24, 2.45) is 5.92 Å². The largest absolute Gasteiger partial charge is 0.369 e. The number of imidazole rings is 1. The van der Waals surface area contributed by atoms with Gasteiger partial charge in [-0.05, 0) is 37.5 Å². The van der Waals surface area contributed by atoms with E-state index in [4.69, 9.17) is 17.3 Å². The topological polar surface area (TPSA) is 43.8 Å². The van der Waals surface area contributed by atoms with E-state index in [-0.39, 0.29) is 0 Å². The minimum absolute atomic E-state index is 0.353. The smallest absolute Gasteiger partial charge is 0.201 e. The molecule has 18 heavy (non-hydrogen) atoms. The van der Waals surface area contributed by atoms with Crippen LogP contribution in [-0.4, -0.2) is 9.55 Å². The molecule has 0 spiro atoms. The highest BCUT2D eigenvalue weighted by molar-refractivity contribution is 6.31. The van der Waals surface area contributed by atoms with Gasteiger partial charge in [0.05, 0.1) is 11.0 Å². The van der Waals surface area contributed by atoms with Crippen molar-refractivity contribution in [2.75, 3.05) is 5.73 Å². The number of benzene rings is 1. The molecule has 2 N–H and O–H groups in total. The lowest BCUT2D eigenvalue weighted by molar-refractivity contribution is 0.407. The van der Waals surface area contributed by atoms with E-state index in [9.17, 15) is 0 Å². The Labute approximate surface area is 113 Å². The van der Waals surface area contributed by atoms with Crippen molar-refractivity contribution in [2.45, 2.75) is 39.7 Å². The van der Waals surface area contributed by atoms with Gasteiger partial charge in [0, 0.05) is 11.1 Å². The van der Waals surface area contributed by atoms with E-state index < -0.39 is 0 Å². The normalized spacial score (nSPS) is 14.9. The quantitative estimate of drug-likeness (QED) is 0.897. The molecule has 0 amide bonds. The van der Waals surface area contributed by atoms with Gasteiger partial charge >= 0.3 is 0 Å². The van der Waals surface area contributed by atoms with E-state index in [2.05, 4.69) is 30.3 Å². The van der Waals surface area contributed by atoms with Gasteiger partial charge in [0.25, 0.3) is 0 Å². The Hall–Kier alpha value is -1.22. The minimum Gasteiger partial charge on any atom is -0.369 e. The predicted octanol–water partition coefficient (Wildman–Crippen LogP) is 4.27. The van der Waals surface area contributed by atoms with Crippen LogP contribution in [0, 0.1) is 5.92 Å². The molecule has 0 aliphatic heterocycles. The van der Waals surface area contributed by atoms with Gasteiger partial charge in [0.1, 0.15) is 0 Å². The van der Waals surface area contributed by atoms with Gasteiger partial charge in [-0.25, -0.2) is 4.98 Å². The van der Waals surface area contributed by atoms with Crippen LogP contribution in [0.3, 0.4) is 0 Å². The van der Waals surface area contributed by atoms with E-state index in [0.29, 0.717) is 22.9 Å². The zero-order valence-corrected chi connectivity index (χ0v) is 11.9. The monoisotopic (exact) mass is 265 g/mol. The number of nitrogens with two attached hydrogens (primary N) is 1. The van der Waals surface area contributed by atoms with Crippen LogP contribution in [0.15, 0.2) is 18.2 Å². The number of hydrogen-bond acceptors (Lipinski definition) is 2. The Morgan fingerprint density at radius 1 is 1.39 bits per heavy atom. The molecule has 2 unspecified atom stereocenters. The van der Waals surface area contributed by atoms with Gasteiger partial charge in [-0.2, -0.15) is 0 Å². The number of aromatic nitrogens is 2. The minimum atomic E-state index is 0.353. The number of anilines is 1. The maximum Gasteiger partial charge on any atom is 0.201 e. The van der Waals surface area contributed by atoms with E-state index in [1.165, 1.54) is 6.42 Å². The van der Waals surface area contributed by atoms with Gasteiger partial charge < -0.3 is 10.3 Å². The molecule has 3 nitrogen and oxygen atoms in total. The average molecular weight is 266 g/mol. The second-order valence-electron chi connectivity index (χ2n) is 5.07. The first-order chi connectivity index (χ1) is 8.52. The summed E-state index contributed by atoms with van der Waals surface area (Å²) < 4.78 is 2.11. The van der Waals surface area contributed by atoms with Crippen LogP contribution in [0.2, 0.25) is 5.02 Å². The number of rotatable bonds is 4. The van der Waals surface area contributed by atoms with Gasteiger partial charge in [-0.15, -0.1) is 0 Å². The second-order valence-corrected chi connectivity index (χ2v) is 5.51. The van der Waals surface area contributed by atoms with Crippen molar-refractivity contribution >= 4 is 28.6 Å². The third kappa shape index (κ3) is 2.46. The molecule has 2 atom stereocenters. The summed E-state index contributed by atoms with van der Waals surface area (Å²) >= 11 is 5.98. The van der Waals surface area contributed by atoms with Crippen LogP contribution in [0.4, 0.5) is 5.95 Å². The van der Waals surface area contributed by atoms with Gasteiger partial charge in [0.15, 0.2) is 0 Å². The van der Waals surface area contributed by atoms with Crippen LogP contribution in [0.1, 0.15) is 39.7 Å². The zero-order valence-electron chi connectivity index (χ0n) is 11.2. The van der Waals surface area contributed by atoms with Crippen molar-refractivity contribution < 1.29 is 0 Å². The van der Waals surface area contributed by atoms with Gasteiger partial charge in [0.2, 0.25) is 5.95 Å². The summed E-state index contributed by atoms with van der Waals surface area (Å²) in [5, 5.41) is 0.696. The Balaban J connectivity index is 2.40. The molecule has 0 saturated carbocycles. The van der Waals surface area contributed by atoms with Crippen LogP contribution in [0.5, 0.6) is 0 Å². The average Bonchev–Trinajstić information content (AvgIpc) is 2.63. The van der Waals surface area contributed by atoms with Crippen molar-refractivity contribution in [3.63, 3.8) is 0 Å². The Morgan fingerprint density at radius 2 is 2.11 bits per heavy atom. The first-order valence-corrected chi connectivity index (χ1v) is 6.83. The molecule has 98 valence electrons. The van der Waals surface area contributed by atoms with Crippen LogP contribution in [-0.2, 0) is 0 Å². The second kappa shape index (κ2) is 5.19. The lowest BCUT2D eigenvalue weighted by Crippen LogP contribution is -2.11. The summed E-state index contributed by atoms with van der Waals surface area (Å²) in [4.78, 5) is 4.38. The molecule has 4 heteroatoms. The molecule has 0 fully saturated rings. The molecule has 1 heterocycles. The molecule has 2 aromatic rings. The summed E-state index contributed by atoms with van der Waals surface area (Å²) in [6, 6.07) is 6.09. The Kier molecular flexibility index (Phi) is 3.81. The lowest BCUT2D eigenvalue weighted by Gasteiger charge is -2.19. The SMILES string of the molecule is CCC(C)CC(C)n1c(N)nc2cc(Cl)ccc21. The Bertz CT molecular complexity index is 547. The van der Waals surface area contributed by atoms with Crippen molar-refractivity contribution in [3.8, 4) is 0 Å². The highest BCUT2D eigenvalue weighted by atomic mass is 35.5. The van der Waals surface area contributed by atoms with Crippen molar-refractivity contribution in [1.29, 1.82) is 0 Å². The molecule has 0 radical (unpaired) electrons. The zero-order chi connectivity index (χ0) is 13.3. The lowest BCUT2D eigenvalue weighted by atomic mass is 10.00. The third-order valence-electron chi connectivity index (χ3n) is 3.56. The van der Waals surface area contributed by atoms with Crippen LogP contribution >= 0.6 is 11.6 Å². The molecule has 1 aromatic heterocycles. The summed E-state index contributed by atoms with van der Waals surface area (Å²) in [7, 11) is 0. The molecule has 0 aliphatic rings. The molecular weight excluding hydrogens is 246 g/mol. The molecule has 1 aromatic carbocycles. The van der Waals surface area contributed by atoms with Crippen molar-refractivity contribution in [3.05, 3.63) is 23.2 Å². The number of nitrogen functional groups attached to an aromatic ring is 1. The first kappa shape index (κ1) is 13.2. The fourth-order valence-electron chi connectivity index (χ4n) is 2.41. The van der Waals surface area contributed by atoms with E-state index in [1.807, 2.05) is 18.2 Å². The Morgan fingerprint density at radius 3 is 2.78 bits per heavy atom. The van der Waals surface area contributed by atoms with E-state index in [1.54, 1.807) is 0 Å². The summed E-state index contributed by atoms with van der Waals surface area (Å²) in [5.41, 5.74) is 7.96. The summed E-state index contributed by atoms with van der Waals surface area (Å²) in [5.74, 6) is 1.26. The fraction of sp³-hybridized carbons (Fsp3) is 0.500. The summed E-state index contributed by atoms with van der Waals surface area (Å²) in [6.07, 6.45) is 2.29. The van der Waals surface area contributed by atoms with Gasteiger partial charge in [-0.1, -0.05) is 31.9 Å². The molecular formula is C14H20ClN3. The maximum absolute atomic E-state index is 6.03. The third-order valence-corrected chi connectivity index (χ3v) is 3.80. The fourth-order valence-corrected chi connectivity index (χ4v) is 2.57. The van der Waals surface area contributed by atoms with Crippen LogP contribution < -0.4 is 5.73 Å². The molecule has 0 bridgehead atoms. The predicted molar refractivity (Wildman–Crippen MR) is 77.9 cm³/mol. The number of halogens is 1. The highest BCUT2D eigenvalue weighted by Gasteiger charge is 2.15. The number of fused-ring (bicyclic) bond motifs is 1. The standard InChI is InChI=1S/C14H20ClN3/c1-4-9(2)7-10(3)18-13-6-5-11(15)8-12(13)17-14(18)16/h5-6,8-10H,4,7H2,1-3H3,(H2,16,17). The molecule has 0 saturated heterocycles. The van der Waals surface area contributed by atoms with Crippen LogP contribution in [0.25, 0.3) is 11.0 Å². The van der Waals surface area contributed by atoms with Crippen molar-refractivity contribution in [1.82, 2.24) is 9.55 Å².